The van der Waals surface area contributed by atoms with E-state index >= 15 is 0 Å². The number of hydrogen-bond acceptors (Lipinski definition) is 7. The lowest BCUT2D eigenvalue weighted by atomic mass is 10.0. The minimum atomic E-state index is -3.87. The van der Waals surface area contributed by atoms with Gasteiger partial charge in [0.05, 0.1) is 33.0 Å². The number of aliphatic hydroxyl groups excluding tert-OH is 3. The summed E-state index contributed by atoms with van der Waals surface area (Å²) in [6, 6.07) is 0. The van der Waals surface area contributed by atoms with E-state index < -0.39 is 7.82 Å². The van der Waals surface area contributed by atoms with Crippen molar-refractivity contribution in [3.05, 3.63) is 0 Å². The van der Waals surface area contributed by atoms with Crippen LogP contribution in [0.25, 0.3) is 0 Å². The lowest BCUT2D eigenvalue weighted by molar-refractivity contribution is 0.136. The molecule has 0 aliphatic rings. The summed E-state index contributed by atoms with van der Waals surface area (Å²) in [7, 11) is -3.87. The van der Waals surface area contributed by atoms with Crippen LogP contribution in [0, 0.1) is 0 Å². The van der Waals surface area contributed by atoms with Crippen LogP contribution in [0.2, 0.25) is 0 Å². The lowest BCUT2D eigenvalue weighted by Crippen LogP contribution is -2.32. The van der Waals surface area contributed by atoms with Gasteiger partial charge in [-0.1, -0.05) is 194 Å². The van der Waals surface area contributed by atoms with E-state index in [4.69, 9.17) is 24.4 Å². The van der Waals surface area contributed by atoms with Gasteiger partial charge in [0, 0.05) is 19.6 Å². The molecular formula is C40H86NO7P. The Morgan fingerprint density at radius 3 is 0.796 bits per heavy atom. The average molecular weight is 724 g/mol. The van der Waals surface area contributed by atoms with Gasteiger partial charge < -0.3 is 20.2 Å². The minimum Gasteiger partial charge on any atom is -0.395 e. The molecule has 0 aromatic heterocycles. The molecule has 0 aromatic rings. The molecule has 49 heavy (non-hydrogen) atoms. The van der Waals surface area contributed by atoms with Gasteiger partial charge in [-0.05, 0) is 12.8 Å². The van der Waals surface area contributed by atoms with Gasteiger partial charge >= 0.3 is 7.82 Å². The van der Waals surface area contributed by atoms with Crippen molar-refractivity contribution >= 4 is 7.82 Å². The van der Waals surface area contributed by atoms with Crippen molar-refractivity contribution in [3.8, 4) is 0 Å². The first kappa shape index (κ1) is 51.1. The molecule has 0 amide bonds. The molecule has 0 saturated carbocycles. The predicted octanol–water partition coefficient (Wildman–Crippen LogP) is 11.1. The monoisotopic (exact) mass is 724 g/mol. The van der Waals surface area contributed by atoms with Crippen LogP contribution in [0.15, 0.2) is 0 Å². The third kappa shape index (κ3) is 45.9. The molecule has 4 N–H and O–H groups in total. The fourth-order valence-corrected chi connectivity index (χ4v) is 6.90. The summed E-state index contributed by atoms with van der Waals surface area (Å²) in [5.41, 5.74) is 0. The number of hydrogen-bond donors (Lipinski definition) is 4. The van der Waals surface area contributed by atoms with Crippen molar-refractivity contribution in [2.45, 2.75) is 206 Å². The van der Waals surface area contributed by atoms with Gasteiger partial charge in [-0.3, -0.25) is 13.9 Å². The van der Waals surface area contributed by atoms with Crippen LogP contribution in [0.4, 0.5) is 0 Å². The summed E-state index contributed by atoms with van der Waals surface area (Å²) in [6.45, 7) is 6.96. The Balaban J connectivity index is 0. The summed E-state index contributed by atoms with van der Waals surface area (Å²) in [4.78, 5) is 11.6. The maximum atomic E-state index is 12.0. The third-order valence-corrected chi connectivity index (χ3v) is 10.3. The topological polar surface area (TPSA) is 120 Å². The lowest BCUT2D eigenvalue weighted by Gasteiger charge is -2.17. The van der Waals surface area contributed by atoms with E-state index in [9.17, 15) is 9.46 Å². The molecule has 8 nitrogen and oxygen atoms in total. The highest BCUT2D eigenvalue weighted by atomic mass is 31.2. The van der Waals surface area contributed by atoms with Gasteiger partial charge in [-0.15, -0.1) is 0 Å². The van der Waals surface area contributed by atoms with Crippen LogP contribution in [0.5, 0.6) is 0 Å². The normalized spacial score (nSPS) is 12.7. The highest BCUT2D eigenvalue weighted by molar-refractivity contribution is 7.47. The van der Waals surface area contributed by atoms with Crippen LogP contribution in [-0.2, 0) is 13.6 Å². The molecule has 0 aliphatic carbocycles. The maximum absolute atomic E-state index is 12.0. The number of phosphoric ester groups is 1. The van der Waals surface area contributed by atoms with Crippen molar-refractivity contribution < 1.29 is 33.8 Å². The van der Waals surface area contributed by atoms with E-state index in [0.29, 0.717) is 32.8 Å². The van der Waals surface area contributed by atoms with Gasteiger partial charge in [-0.2, -0.15) is 0 Å². The van der Waals surface area contributed by atoms with Crippen LogP contribution in [0.1, 0.15) is 206 Å². The van der Waals surface area contributed by atoms with Gasteiger partial charge in [0.25, 0.3) is 0 Å². The van der Waals surface area contributed by atoms with E-state index in [-0.39, 0.29) is 19.8 Å². The van der Waals surface area contributed by atoms with Gasteiger partial charge in [0.15, 0.2) is 0 Å². The largest absolute Gasteiger partial charge is 0.472 e. The van der Waals surface area contributed by atoms with Crippen molar-refractivity contribution in [2.24, 2.45) is 0 Å². The first-order chi connectivity index (χ1) is 24.0. The predicted molar refractivity (Wildman–Crippen MR) is 209 cm³/mol. The second-order valence-electron chi connectivity index (χ2n) is 14.0. The first-order valence-corrected chi connectivity index (χ1v) is 22.6. The zero-order valence-electron chi connectivity index (χ0n) is 32.8. The molecule has 0 saturated heterocycles. The van der Waals surface area contributed by atoms with Crippen LogP contribution in [0.3, 0.4) is 0 Å². The summed E-state index contributed by atoms with van der Waals surface area (Å²) in [5.74, 6) is 0. The smallest absolute Gasteiger partial charge is 0.395 e. The molecule has 0 fully saturated rings. The van der Waals surface area contributed by atoms with Crippen molar-refractivity contribution in [2.75, 3.05) is 52.7 Å². The van der Waals surface area contributed by atoms with E-state index in [2.05, 4.69) is 13.8 Å². The Labute approximate surface area is 305 Å². The number of aliphatic hydroxyl groups is 3. The van der Waals surface area contributed by atoms with Crippen LogP contribution in [-0.4, -0.2) is 77.8 Å². The molecule has 1 atom stereocenters. The van der Waals surface area contributed by atoms with Crippen molar-refractivity contribution in [1.82, 2.24) is 4.90 Å². The van der Waals surface area contributed by atoms with E-state index in [1.807, 2.05) is 0 Å². The molecule has 0 radical (unpaired) electrons. The fraction of sp³-hybridized carbons (Fsp3) is 1.00. The number of unbranched alkanes of at least 4 members (excludes halogenated alkanes) is 28. The quantitative estimate of drug-likeness (QED) is 0.0364. The molecule has 0 rings (SSSR count). The molecule has 9 heteroatoms. The molecule has 298 valence electrons. The summed E-state index contributed by atoms with van der Waals surface area (Å²) >= 11 is 0. The fourth-order valence-electron chi connectivity index (χ4n) is 6.10. The standard InChI is InChI=1S/C34H71O4P.C6H15NO3/c1-3-5-7-9-11-13-15-17-19-20-22-24-26-28-30-32-34-38-39(35,36)37-33-31-29-27-25-23-21-18-16-14-12-10-8-6-4-2;8-4-1-7(2-5-9)3-6-10/h3-34H2,1-2H3,(H,35,36);8-10H,1-6H2. The van der Waals surface area contributed by atoms with Gasteiger partial charge in [0.1, 0.15) is 0 Å². The zero-order valence-corrected chi connectivity index (χ0v) is 33.7. The second-order valence-corrected chi connectivity index (χ2v) is 15.5. The Kier molecular flexibility index (Phi) is 46.0. The van der Waals surface area contributed by atoms with E-state index in [0.717, 1.165) is 25.7 Å². The Bertz CT molecular complexity index is 629. The Morgan fingerprint density at radius 2 is 0.592 bits per heavy atom. The molecule has 0 aromatic carbocycles. The average Bonchev–Trinajstić information content (AvgIpc) is 3.08. The zero-order chi connectivity index (χ0) is 36.4. The summed E-state index contributed by atoms with van der Waals surface area (Å²) in [6.07, 6.45) is 39.3. The molecule has 1 unspecified atom stereocenters. The molecule has 0 heterocycles. The molecule has 0 aliphatic heterocycles. The maximum Gasteiger partial charge on any atom is 0.472 e. The first-order valence-electron chi connectivity index (χ1n) is 21.1. The number of phosphoric acid groups is 1. The third-order valence-electron chi connectivity index (χ3n) is 9.25. The van der Waals surface area contributed by atoms with Crippen molar-refractivity contribution in [3.63, 3.8) is 0 Å². The Hall–Kier alpha value is -0.0500. The van der Waals surface area contributed by atoms with Crippen LogP contribution >= 0.6 is 7.82 Å². The number of nitrogens with zero attached hydrogens (tertiary/aromatic N) is 1. The van der Waals surface area contributed by atoms with Crippen LogP contribution < -0.4 is 0 Å². The van der Waals surface area contributed by atoms with E-state index in [1.54, 1.807) is 4.90 Å². The summed E-state index contributed by atoms with van der Waals surface area (Å²) in [5, 5.41) is 25.5. The van der Waals surface area contributed by atoms with Gasteiger partial charge in [0.2, 0.25) is 0 Å². The Morgan fingerprint density at radius 1 is 0.388 bits per heavy atom. The number of rotatable bonds is 40. The summed E-state index contributed by atoms with van der Waals surface area (Å²) < 4.78 is 22.3. The highest BCUT2D eigenvalue weighted by Crippen LogP contribution is 2.43. The molecule has 0 spiro atoms. The van der Waals surface area contributed by atoms with Gasteiger partial charge in [-0.25, -0.2) is 4.57 Å². The molecular weight excluding hydrogens is 637 g/mol. The highest BCUT2D eigenvalue weighted by Gasteiger charge is 2.19. The SMILES string of the molecule is CCCCCCCCCCCCCCCCCCOP(=O)(O)OCCCCCCCCCCCCCCCC.OCCN(CCO)CCO. The van der Waals surface area contributed by atoms with E-state index in [1.165, 1.54) is 167 Å². The molecule has 0 bridgehead atoms. The second kappa shape index (κ2) is 44.1. The minimum absolute atomic E-state index is 0.0694. The van der Waals surface area contributed by atoms with Crippen molar-refractivity contribution in [1.29, 1.82) is 0 Å².